The van der Waals surface area contributed by atoms with Crippen molar-refractivity contribution in [3.8, 4) is 0 Å². The summed E-state index contributed by atoms with van der Waals surface area (Å²) in [5.74, 6) is 2.15. The lowest BCUT2D eigenvalue weighted by Crippen LogP contribution is -2.18. The van der Waals surface area contributed by atoms with Gasteiger partial charge in [0.2, 0.25) is 0 Å². The standard InChI is InChI=1S/C14H13ClN2S/c15-12-5-6-16-7-13(12)17-14-9-18-8-10-3-1-2-4-11(10)14/h1-7,14,17H,8-9H2. The third-order valence-corrected chi connectivity index (χ3v) is 4.48. The highest BCUT2D eigenvalue weighted by molar-refractivity contribution is 7.98. The topological polar surface area (TPSA) is 24.9 Å². The van der Waals surface area contributed by atoms with E-state index < -0.39 is 0 Å². The van der Waals surface area contributed by atoms with Crippen LogP contribution in [0.25, 0.3) is 0 Å². The Morgan fingerprint density at radius 3 is 3.06 bits per heavy atom. The molecular weight excluding hydrogens is 264 g/mol. The highest BCUT2D eigenvalue weighted by Crippen LogP contribution is 2.34. The van der Waals surface area contributed by atoms with E-state index in [2.05, 4.69) is 34.6 Å². The monoisotopic (exact) mass is 276 g/mol. The van der Waals surface area contributed by atoms with Crippen molar-refractivity contribution in [1.82, 2.24) is 4.98 Å². The molecule has 1 N–H and O–H groups in total. The van der Waals surface area contributed by atoms with Crippen molar-refractivity contribution >= 4 is 29.1 Å². The van der Waals surface area contributed by atoms with Crippen LogP contribution in [0.1, 0.15) is 17.2 Å². The lowest BCUT2D eigenvalue weighted by atomic mass is 10.0. The smallest absolute Gasteiger partial charge is 0.0721 e. The number of hydrogen-bond donors (Lipinski definition) is 1. The van der Waals surface area contributed by atoms with Gasteiger partial charge >= 0.3 is 0 Å². The van der Waals surface area contributed by atoms with Crippen molar-refractivity contribution in [2.75, 3.05) is 11.1 Å². The minimum absolute atomic E-state index is 0.307. The lowest BCUT2D eigenvalue weighted by molar-refractivity contribution is 0.869. The Labute approximate surface area is 116 Å². The number of rotatable bonds is 2. The van der Waals surface area contributed by atoms with E-state index >= 15 is 0 Å². The zero-order chi connectivity index (χ0) is 12.4. The van der Waals surface area contributed by atoms with E-state index in [4.69, 9.17) is 11.6 Å². The van der Waals surface area contributed by atoms with Gasteiger partial charge in [-0.05, 0) is 17.2 Å². The quantitative estimate of drug-likeness (QED) is 0.892. The van der Waals surface area contributed by atoms with Crippen LogP contribution < -0.4 is 5.32 Å². The van der Waals surface area contributed by atoms with Gasteiger partial charge in [-0.1, -0.05) is 35.9 Å². The molecule has 0 amide bonds. The number of pyridine rings is 1. The Balaban J connectivity index is 1.89. The van der Waals surface area contributed by atoms with Crippen LogP contribution >= 0.6 is 23.4 Å². The number of anilines is 1. The molecule has 3 rings (SSSR count). The fourth-order valence-corrected chi connectivity index (χ4v) is 3.43. The maximum atomic E-state index is 6.16. The minimum Gasteiger partial charge on any atom is -0.375 e. The predicted molar refractivity (Wildman–Crippen MR) is 78.2 cm³/mol. The summed E-state index contributed by atoms with van der Waals surface area (Å²) in [7, 11) is 0. The first-order valence-corrected chi connectivity index (χ1v) is 7.39. The lowest BCUT2D eigenvalue weighted by Gasteiger charge is -2.27. The van der Waals surface area contributed by atoms with E-state index in [1.54, 1.807) is 12.4 Å². The second-order valence-electron chi connectivity index (χ2n) is 4.27. The summed E-state index contributed by atoms with van der Waals surface area (Å²) in [6.45, 7) is 0. The van der Waals surface area contributed by atoms with E-state index in [1.165, 1.54) is 11.1 Å². The molecule has 1 aliphatic heterocycles. The van der Waals surface area contributed by atoms with Gasteiger partial charge in [-0.2, -0.15) is 11.8 Å². The van der Waals surface area contributed by atoms with Gasteiger partial charge in [0, 0.05) is 17.7 Å². The summed E-state index contributed by atoms with van der Waals surface area (Å²) >= 11 is 8.11. The molecule has 2 heterocycles. The Kier molecular flexibility index (Phi) is 3.43. The normalized spacial score (nSPS) is 18.2. The fraction of sp³-hybridized carbons (Fsp3) is 0.214. The van der Waals surface area contributed by atoms with Crippen LogP contribution in [0.3, 0.4) is 0 Å². The van der Waals surface area contributed by atoms with Crippen molar-refractivity contribution in [3.05, 3.63) is 58.9 Å². The van der Waals surface area contributed by atoms with Crippen LogP contribution in [-0.2, 0) is 5.75 Å². The second kappa shape index (κ2) is 5.21. The SMILES string of the molecule is Clc1ccncc1NC1CSCc2ccccc21. The molecule has 92 valence electrons. The average molecular weight is 277 g/mol. The van der Waals surface area contributed by atoms with Gasteiger partial charge < -0.3 is 5.32 Å². The number of nitrogens with zero attached hydrogens (tertiary/aromatic N) is 1. The molecular formula is C14H13ClN2S. The Hall–Kier alpha value is -1.19. The molecule has 0 saturated heterocycles. The first-order valence-electron chi connectivity index (χ1n) is 5.86. The number of thioether (sulfide) groups is 1. The summed E-state index contributed by atoms with van der Waals surface area (Å²) in [5, 5.41) is 4.21. The highest BCUT2D eigenvalue weighted by atomic mass is 35.5. The van der Waals surface area contributed by atoms with E-state index in [0.717, 1.165) is 22.2 Å². The molecule has 0 fully saturated rings. The first kappa shape index (κ1) is 11.9. The van der Waals surface area contributed by atoms with Gasteiger partial charge in [-0.3, -0.25) is 4.98 Å². The zero-order valence-corrected chi connectivity index (χ0v) is 11.3. The molecule has 1 aromatic carbocycles. The molecule has 0 bridgehead atoms. The summed E-state index contributed by atoms with van der Waals surface area (Å²) in [5.41, 5.74) is 3.68. The fourth-order valence-electron chi connectivity index (χ4n) is 2.17. The molecule has 0 spiro atoms. The summed E-state index contributed by atoms with van der Waals surface area (Å²) in [6, 6.07) is 10.7. The summed E-state index contributed by atoms with van der Waals surface area (Å²) in [6.07, 6.45) is 3.49. The molecule has 18 heavy (non-hydrogen) atoms. The third-order valence-electron chi connectivity index (χ3n) is 3.07. The van der Waals surface area contributed by atoms with Crippen molar-refractivity contribution in [1.29, 1.82) is 0 Å². The molecule has 2 aromatic rings. The maximum absolute atomic E-state index is 6.16. The van der Waals surface area contributed by atoms with Crippen molar-refractivity contribution < 1.29 is 0 Å². The number of nitrogens with one attached hydrogen (secondary N) is 1. The molecule has 1 unspecified atom stereocenters. The summed E-state index contributed by atoms with van der Waals surface area (Å²) in [4.78, 5) is 4.11. The summed E-state index contributed by atoms with van der Waals surface area (Å²) < 4.78 is 0. The van der Waals surface area contributed by atoms with Crippen LogP contribution in [-0.4, -0.2) is 10.7 Å². The molecule has 4 heteroatoms. The molecule has 0 radical (unpaired) electrons. The van der Waals surface area contributed by atoms with Crippen molar-refractivity contribution in [2.24, 2.45) is 0 Å². The van der Waals surface area contributed by atoms with Gasteiger partial charge in [-0.15, -0.1) is 0 Å². The Morgan fingerprint density at radius 1 is 1.28 bits per heavy atom. The largest absolute Gasteiger partial charge is 0.375 e. The van der Waals surface area contributed by atoms with E-state index in [9.17, 15) is 0 Å². The molecule has 0 saturated carbocycles. The van der Waals surface area contributed by atoms with Crippen molar-refractivity contribution in [2.45, 2.75) is 11.8 Å². The van der Waals surface area contributed by atoms with Crippen LogP contribution in [0.4, 0.5) is 5.69 Å². The molecule has 1 aliphatic rings. The van der Waals surface area contributed by atoms with E-state index in [1.807, 2.05) is 17.8 Å². The third kappa shape index (κ3) is 2.33. The van der Waals surface area contributed by atoms with Gasteiger partial charge in [0.15, 0.2) is 0 Å². The van der Waals surface area contributed by atoms with Crippen molar-refractivity contribution in [3.63, 3.8) is 0 Å². The van der Waals surface area contributed by atoms with Gasteiger partial charge in [-0.25, -0.2) is 0 Å². The minimum atomic E-state index is 0.307. The number of halogens is 1. The zero-order valence-electron chi connectivity index (χ0n) is 9.77. The van der Waals surface area contributed by atoms with Crippen LogP contribution in [0.5, 0.6) is 0 Å². The Morgan fingerprint density at radius 2 is 2.17 bits per heavy atom. The van der Waals surface area contributed by atoms with Crippen LogP contribution in [0, 0.1) is 0 Å². The second-order valence-corrected chi connectivity index (χ2v) is 5.70. The Bertz CT molecular complexity index is 559. The molecule has 1 aromatic heterocycles. The molecule has 0 aliphatic carbocycles. The van der Waals surface area contributed by atoms with Crippen LogP contribution in [0.15, 0.2) is 42.7 Å². The molecule has 2 nitrogen and oxygen atoms in total. The highest BCUT2D eigenvalue weighted by Gasteiger charge is 2.20. The van der Waals surface area contributed by atoms with E-state index in [-0.39, 0.29) is 0 Å². The molecule has 1 atom stereocenters. The number of aromatic nitrogens is 1. The number of fused-ring (bicyclic) bond motifs is 1. The number of hydrogen-bond acceptors (Lipinski definition) is 3. The van der Waals surface area contributed by atoms with Gasteiger partial charge in [0.25, 0.3) is 0 Å². The average Bonchev–Trinajstić information content (AvgIpc) is 2.42. The maximum Gasteiger partial charge on any atom is 0.0721 e. The predicted octanol–water partition coefficient (Wildman–Crippen LogP) is 4.14. The van der Waals surface area contributed by atoms with Gasteiger partial charge in [0.1, 0.15) is 0 Å². The van der Waals surface area contributed by atoms with Gasteiger partial charge in [0.05, 0.1) is 22.9 Å². The number of benzene rings is 1. The van der Waals surface area contributed by atoms with E-state index in [0.29, 0.717) is 6.04 Å². The first-order chi connectivity index (χ1) is 8.84. The van der Waals surface area contributed by atoms with Crippen LogP contribution in [0.2, 0.25) is 5.02 Å².